The lowest BCUT2D eigenvalue weighted by Crippen LogP contribution is -2.45. The molecule has 1 N–H and O–H groups in total. The number of benzene rings is 1. The van der Waals surface area contributed by atoms with Crippen LogP contribution in [0.3, 0.4) is 0 Å². The lowest BCUT2D eigenvalue weighted by molar-refractivity contribution is 0.271. The van der Waals surface area contributed by atoms with Crippen molar-refractivity contribution < 1.29 is 5.11 Å². The van der Waals surface area contributed by atoms with Crippen LogP contribution in [0.5, 0.6) is 5.88 Å². The first-order chi connectivity index (χ1) is 14.6. The van der Waals surface area contributed by atoms with Crippen molar-refractivity contribution in [3.63, 3.8) is 0 Å². The first-order valence-electron chi connectivity index (χ1n) is 11.0. The standard InChI is InChI=1S/C23H28BrN3O3/c24-19-13-7-8-14-20(19)25-15-18-21(28)26(16-9-3-1-4-10-16)23(30)27(22(18)29)17-11-5-2-6-12-17/h7-8,13-17,28H,1-6,9-12H2. The Morgan fingerprint density at radius 3 is 2.07 bits per heavy atom. The first-order valence-corrected chi connectivity index (χ1v) is 11.8. The van der Waals surface area contributed by atoms with Crippen molar-refractivity contribution >= 4 is 27.8 Å². The monoisotopic (exact) mass is 473 g/mol. The van der Waals surface area contributed by atoms with Gasteiger partial charge in [0.2, 0.25) is 5.88 Å². The Balaban J connectivity index is 1.86. The van der Waals surface area contributed by atoms with Crippen LogP contribution in [0.15, 0.2) is 43.3 Å². The highest BCUT2D eigenvalue weighted by Crippen LogP contribution is 2.32. The normalized spacial score (nSPS) is 18.8. The van der Waals surface area contributed by atoms with Crippen molar-refractivity contribution in [2.75, 3.05) is 0 Å². The number of aliphatic imine (C=N–C) groups is 1. The maximum atomic E-state index is 13.4. The molecule has 2 fully saturated rings. The van der Waals surface area contributed by atoms with Crippen LogP contribution in [-0.4, -0.2) is 20.5 Å². The molecule has 1 aromatic carbocycles. The highest BCUT2D eigenvalue weighted by Gasteiger charge is 2.28. The minimum Gasteiger partial charge on any atom is -0.494 e. The Kier molecular flexibility index (Phi) is 6.56. The molecule has 0 saturated heterocycles. The van der Waals surface area contributed by atoms with Gasteiger partial charge in [-0.15, -0.1) is 0 Å². The molecule has 0 bridgehead atoms. The molecule has 6 nitrogen and oxygen atoms in total. The Hall–Kier alpha value is -2.15. The summed E-state index contributed by atoms with van der Waals surface area (Å²) in [6.07, 6.45) is 11.1. The zero-order chi connectivity index (χ0) is 21.1. The molecule has 2 aromatic rings. The Morgan fingerprint density at radius 1 is 0.900 bits per heavy atom. The number of rotatable bonds is 4. The maximum absolute atomic E-state index is 13.4. The number of halogens is 1. The summed E-state index contributed by atoms with van der Waals surface area (Å²) in [7, 11) is 0. The third kappa shape index (κ3) is 4.17. The Bertz CT molecular complexity index is 1040. The van der Waals surface area contributed by atoms with Gasteiger partial charge in [0, 0.05) is 22.8 Å². The molecule has 0 atom stereocenters. The molecule has 0 unspecified atom stereocenters. The lowest BCUT2D eigenvalue weighted by Gasteiger charge is -2.29. The summed E-state index contributed by atoms with van der Waals surface area (Å²) >= 11 is 3.46. The van der Waals surface area contributed by atoms with E-state index in [1.807, 2.05) is 24.3 Å². The van der Waals surface area contributed by atoms with Crippen molar-refractivity contribution in [2.24, 2.45) is 4.99 Å². The number of hydrogen-bond donors (Lipinski definition) is 1. The van der Waals surface area contributed by atoms with E-state index in [0.29, 0.717) is 5.69 Å². The molecule has 160 valence electrons. The zero-order valence-corrected chi connectivity index (χ0v) is 18.7. The quantitative estimate of drug-likeness (QED) is 0.616. The van der Waals surface area contributed by atoms with E-state index in [0.717, 1.165) is 68.7 Å². The molecular weight excluding hydrogens is 446 g/mol. The van der Waals surface area contributed by atoms with Gasteiger partial charge in [0.25, 0.3) is 5.56 Å². The van der Waals surface area contributed by atoms with E-state index in [2.05, 4.69) is 20.9 Å². The molecular formula is C23H28BrN3O3. The molecule has 0 radical (unpaired) electrons. The Labute approximate surface area is 184 Å². The van der Waals surface area contributed by atoms with Crippen LogP contribution >= 0.6 is 15.9 Å². The van der Waals surface area contributed by atoms with E-state index in [-0.39, 0.29) is 29.2 Å². The van der Waals surface area contributed by atoms with Gasteiger partial charge in [-0.2, -0.15) is 0 Å². The SMILES string of the molecule is O=c1c(C=Nc2ccccc2Br)c(O)n(C2CCCCC2)c(=O)n1C1CCCCC1. The van der Waals surface area contributed by atoms with E-state index in [4.69, 9.17) is 0 Å². The number of aromatic hydroxyl groups is 1. The van der Waals surface area contributed by atoms with E-state index < -0.39 is 5.56 Å². The maximum Gasteiger partial charge on any atom is 0.334 e. The summed E-state index contributed by atoms with van der Waals surface area (Å²) in [6, 6.07) is 7.27. The zero-order valence-electron chi connectivity index (χ0n) is 17.1. The van der Waals surface area contributed by atoms with E-state index in [9.17, 15) is 14.7 Å². The van der Waals surface area contributed by atoms with Crippen LogP contribution in [0.4, 0.5) is 5.69 Å². The average molecular weight is 474 g/mol. The molecule has 0 spiro atoms. The van der Waals surface area contributed by atoms with Crippen molar-refractivity contribution in [2.45, 2.75) is 76.3 Å². The van der Waals surface area contributed by atoms with Gasteiger partial charge in [0.15, 0.2) is 0 Å². The first kappa shape index (κ1) is 21.1. The highest BCUT2D eigenvalue weighted by molar-refractivity contribution is 9.10. The molecule has 4 rings (SSSR count). The molecule has 0 aliphatic heterocycles. The molecule has 30 heavy (non-hydrogen) atoms. The van der Waals surface area contributed by atoms with Gasteiger partial charge < -0.3 is 5.11 Å². The van der Waals surface area contributed by atoms with Gasteiger partial charge in [0.1, 0.15) is 5.56 Å². The number of aromatic nitrogens is 2. The molecule has 7 heteroatoms. The molecule has 2 aliphatic carbocycles. The van der Waals surface area contributed by atoms with Gasteiger partial charge in [-0.25, -0.2) is 4.79 Å². The summed E-state index contributed by atoms with van der Waals surface area (Å²) in [5.74, 6) is -0.250. The summed E-state index contributed by atoms with van der Waals surface area (Å²) in [5.41, 5.74) is -0.0426. The van der Waals surface area contributed by atoms with E-state index in [1.54, 1.807) is 0 Å². The minimum absolute atomic E-state index is 0.0719. The largest absolute Gasteiger partial charge is 0.494 e. The van der Waals surface area contributed by atoms with Crippen molar-refractivity contribution in [1.82, 2.24) is 9.13 Å². The molecule has 2 aliphatic rings. The van der Waals surface area contributed by atoms with Gasteiger partial charge in [-0.1, -0.05) is 50.7 Å². The molecule has 0 amide bonds. The third-order valence-electron chi connectivity index (χ3n) is 6.40. The van der Waals surface area contributed by atoms with E-state index in [1.165, 1.54) is 15.3 Å². The molecule has 2 saturated carbocycles. The number of hydrogen-bond acceptors (Lipinski definition) is 4. The van der Waals surface area contributed by atoms with Crippen LogP contribution < -0.4 is 11.2 Å². The van der Waals surface area contributed by atoms with Crippen LogP contribution in [0.1, 0.15) is 81.9 Å². The summed E-state index contributed by atoms with van der Waals surface area (Å²) in [6.45, 7) is 0. The number of nitrogens with zero attached hydrogens (tertiary/aromatic N) is 3. The smallest absolute Gasteiger partial charge is 0.334 e. The predicted molar refractivity (Wildman–Crippen MR) is 122 cm³/mol. The predicted octanol–water partition coefficient (Wildman–Crippen LogP) is 5.24. The second kappa shape index (κ2) is 9.33. The topological polar surface area (TPSA) is 76.6 Å². The summed E-state index contributed by atoms with van der Waals surface area (Å²) < 4.78 is 3.67. The fourth-order valence-corrected chi connectivity index (χ4v) is 5.17. The summed E-state index contributed by atoms with van der Waals surface area (Å²) in [5, 5.41) is 11.0. The van der Waals surface area contributed by atoms with Gasteiger partial charge in [-0.3, -0.25) is 18.9 Å². The van der Waals surface area contributed by atoms with Crippen LogP contribution in [0, 0.1) is 0 Å². The minimum atomic E-state index is -0.438. The van der Waals surface area contributed by atoms with Crippen molar-refractivity contribution in [3.8, 4) is 5.88 Å². The third-order valence-corrected chi connectivity index (χ3v) is 7.07. The van der Waals surface area contributed by atoms with Gasteiger partial charge >= 0.3 is 5.69 Å². The van der Waals surface area contributed by atoms with Crippen LogP contribution in [0.25, 0.3) is 0 Å². The highest BCUT2D eigenvalue weighted by atomic mass is 79.9. The van der Waals surface area contributed by atoms with Crippen molar-refractivity contribution in [3.05, 3.63) is 55.1 Å². The second-order valence-electron chi connectivity index (χ2n) is 8.36. The van der Waals surface area contributed by atoms with Crippen molar-refractivity contribution in [1.29, 1.82) is 0 Å². The fraction of sp³-hybridized carbons (Fsp3) is 0.522. The van der Waals surface area contributed by atoms with Crippen LogP contribution in [-0.2, 0) is 0 Å². The fourth-order valence-electron chi connectivity index (χ4n) is 4.78. The average Bonchev–Trinajstić information content (AvgIpc) is 2.76. The number of para-hydroxylation sites is 1. The van der Waals surface area contributed by atoms with Gasteiger partial charge in [0.05, 0.1) is 5.69 Å². The van der Waals surface area contributed by atoms with Gasteiger partial charge in [-0.05, 0) is 53.7 Å². The van der Waals surface area contributed by atoms with E-state index >= 15 is 0 Å². The second-order valence-corrected chi connectivity index (χ2v) is 9.21. The summed E-state index contributed by atoms with van der Waals surface area (Å²) in [4.78, 5) is 31.2. The molecule has 1 heterocycles. The molecule has 1 aromatic heterocycles. The Morgan fingerprint density at radius 2 is 1.47 bits per heavy atom. The van der Waals surface area contributed by atoms with Crippen LogP contribution in [0.2, 0.25) is 0 Å². The lowest BCUT2D eigenvalue weighted by atomic mass is 9.94.